The molecule has 40 heteroatoms. The summed E-state index contributed by atoms with van der Waals surface area (Å²) in [5.74, 6) is -16.8. The van der Waals surface area contributed by atoms with E-state index in [1.54, 1.807) is 6.08 Å². The van der Waals surface area contributed by atoms with E-state index in [2.05, 4.69) is 48.3 Å². The van der Waals surface area contributed by atoms with Crippen LogP contribution in [0.5, 0.6) is 0 Å². The summed E-state index contributed by atoms with van der Waals surface area (Å²) in [4.78, 5) is 131. The van der Waals surface area contributed by atoms with E-state index in [-0.39, 0.29) is 50.0 Å². The number of aliphatic hydroxyl groups excluding tert-OH is 18. The molecule has 0 amide bonds. The molecule has 0 radical (unpaired) electrons. The highest BCUT2D eigenvalue weighted by atomic mass is 16.5. The molecule has 0 bridgehead atoms. The van der Waals surface area contributed by atoms with Crippen molar-refractivity contribution in [3.05, 3.63) is 12.2 Å². The van der Waals surface area contributed by atoms with Gasteiger partial charge >= 0.3 is 41.6 Å². The molecule has 0 aromatic rings. The number of carbonyl (C=O) groups is 12. The fourth-order valence-electron chi connectivity index (χ4n) is 4.02. The summed E-state index contributed by atoms with van der Waals surface area (Å²) in [5, 5.41) is 202. The quantitative estimate of drug-likeness (QED) is 0.0220. The second-order valence-electron chi connectivity index (χ2n) is 18.0. The van der Waals surface area contributed by atoms with Gasteiger partial charge in [0.15, 0.2) is 24.1 Å². The van der Waals surface area contributed by atoms with Crippen molar-refractivity contribution < 1.29 is 200 Å². The number of aliphatic carboxylic acids is 6. The Labute approximate surface area is 499 Å². The number of carboxylic acids is 6. The van der Waals surface area contributed by atoms with Crippen LogP contribution < -0.4 is 0 Å². The fraction of sp³-hybridized carbons (Fsp3) is 0.688. The molecular weight excluding hydrogens is 1220 g/mol. The number of carbonyl (C=O) groups excluding carboxylic acids is 7. The minimum Gasteiger partial charge on any atom is -0.545 e. The Hall–Kier alpha value is -6.59. The van der Waals surface area contributed by atoms with Crippen LogP contribution in [0.25, 0.3) is 0 Å². The molecule has 1 fully saturated rings. The second-order valence-corrected chi connectivity index (χ2v) is 18.0. The summed E-state index contributed by atoms with van der Waals surface area (Å²) >= 11 is 0. The summed E-state index contributed by atoms with van der Waals surface area (Å²) in [6, 6.07) is 0. The molecule has 2 aliphatic heterocycles. The average Bonchev–Trinajstić information content (AvgIpc) is 3.79. The average molecular weight is 1300 g/mol. The van der Waals surface area contributed by atoms with E-state index in [1.165, 1.54) is 6.08 Å². The summed E-state index contributed by atoms with van der Waals surface area (Å²) in [7, 11) is 0. The van der Waals surface area contributed by atoms with Gasteiger partial charge in [-0.3, -0.25) is 35.6 Å². The molecule has 88 heavy (non-hydrogen) atoms. The molecule has 14 unspecified atom stereocenters. The topological polar surface area (TPSA) is 757 Å². The number of ether oxygens (including phenoxy) is 2. The number of aliphatic hydroxyl groups is 18. The lowest BCUT2D eigenvalue weighted by Gasteiger charge is -2.17. The monoisotopic (exact) mass is 1300 g/mol. The molecule has 26 N–H and O–H groups in total. The van der Waals surface area contributed by atoms with Crippen molar-refractivity contribution >= 4 is 77.3 Å². The van der Waals surface area contributed by atoms with Gasteiger partial charge in [0.1, 0.15) is 49.8 Å². The first-order chi connectivity index (χ1) is 39.9. The van der Waals surface area contributed by atoms with Crippen LogP contribution in [0.1, 0.15) is 48.0 Å². The molecule has 14 atom stereocenters. The van der Waals surface area contributed by atoms with Crippen LogP contribution in [0, 0.1) is 23.7 Å². The first-order valence-corrected chi connectivity index (χ1v) is 24.4. The van der Waals surface area contributed by atoms with E-state index < -0.39 is 184 Å². The van der Waals surface area contributed by atoms with Gasteiger partial charge in [0.2, 0.25) is 17.3 Å². The Morgan fingerprint density at radius 2 is 0.864 bits per heavy atom. The SMILES string of the molecule is CC(C)C.CC(C)C.O.O=C(O)C(=O)C(=O)C(O)C(O)CO.O=C(O)C(=O)O.O=C(O)C(O)C(O)C(O)CO.O=C(O)C(O)C(O)C(O)CO.O=C(O)C(O)CC(O)CO.O=C1C=CC(C(O)CO)COC1.O=C1COCC(C(O)CO)C(=O)C1=O.[CH-]=O. The molecule has 2 rings (SSSR count). The molecule has 40 nitrogen and oxygen atoms in total. The molecule has 2 heterocycles. The molecule has 0 saturated carbocycles. The first kappa shape index (κ1) is 100. The van der Waals surface area contributed by atoms with Crippen LogP contribution >= 0.6 is 0 Å². The summed E-state index contributed by atoms with van der Waals surface area (Å²) < 4.78 is 9.68. The van der Waals surface area contributed by atoms with E-state index in [4.69, 9.17) is 141 Å². The number of ketones is 6. The Morgan fingerprint density at radius 3 is 1.16 bits per heavy atom. The third-order valence-corrected chi connectivity index (χ3v) is 8.49. The van der Waals surface area contributed by atoms with Crippen LogP contribution in [0.15, 0.2) is 12.2 Å². The third-order valence-electron chi connectivity index (χ3n) is 8.49. The van der Waals surface area contributed by atoms with Gasteiger partial charge in [-0.05, 0) is 17.9 Å². The standard InChI is InChI=1S/C8H10O6.C8H12O4.C6H8O7.2C5H10O6.C5H10O5.2C4H10.C2H2O4.CHO.H2O/c9-1-5(10)4-2-14-3-6(11)8(13)7(4)12;9-3-8(11)6-1-2-7(10)5-12-4-6;7-1-2(8)3(9)4(10)5(11)6(12)13;2*6-1-2(7)3(8)4(9)5(10)11;6-2-3(7)1-4(8)5(9)10;2*1-4(2)3;3-1(4)2(5)6;1-2;/h4-5,9-10H,1-3H2;1-2,6,8-9,11H,3-5H2;2-3,7-9H,1H2,(H,12,13);2*2-4,6-9H,1H2,(H,10,11);3-4,6-8H,1-2H2,(H,9,10);2*4H,1-3H3;(H,3,4)(H,5,6);1H;1H2/q;;;;;;;;;-1;. The molecule has 2 aliphatic rings. The molecule has 0 spiro atoms. The van der Waals surface area contributed by atoms with Crippen molar-refractivity contribution in [3.63, 3.8) is 0 Å². The first-order valence-electron chi connectivity index (χ1n) is 24.4. The van der Waals surface area contributed by atoms with Gasteiger partial charge < -0.3 is 142 Å². The third kappa shape index (κ3) is 54.8. The maximum Gasteiger partial charge on any atom is 0.414 e. The molecule has 1 saturated heterocycles. The zero-order valence-corrected chi connectivity index (χ0v) is 48.1. The van der Waals surface area contributed by atoms with E-state index in [9.17, 15) is 53.1 Å². The molecule has 0 aromatic heterocycles. The summed E-state index contributed by atoms with van der Waals surface area (Å²) in [6.07, 6.45) is -17.5. The van der Waals surface area contributed by atoms with Gasteiger partial charge in [-0.15, -0.1) is 0 Å². The number of hydrogen-bond acceptors (Lipinski definition) is 33. The van der Waals surface area contributed by atoms with Crippen LogP contribution in [-0.2, 0) is 71.8 Å². The number of carboxylic acid groups (broad SMARTS) is 6. The number of rotatable bonds is 21. The Bertz CT molecular complexity index is 1960. The normalized spacial score (nSPS) is 17.9. The zero-order chi connectivity index (χ0) is 70.8. The Kier molecular flexibility index (Phi) is 67.7. The highest BCUT2D eigenvalue weighted by molar-refractivity contribution is 6.64. The lowest BCUT2D eigenvalue weighted by molar-refractivity contribution is -0.160. The van der Waals surface area contributed by atoms with Gasteiger partial charge in [0, 0.05) is 12.3 Å². The highest BCUT2D eigenvalue weighted by Crippen LogP contribution is 2.12. The van der Waals surface area contributed by atoms with Crippen LogP contribution in [0.4, 0.5) is 0 Å². The van der Waals surface area contributed by atoms with Crippen molar-refractivity contribution in [1.82, 2.24) is 0 Å². The molecule has 0 aromatic carbocycles. The largest absolute Gasteiger partial charge is 0.545 e. The van der Waals surface area contributed by atoms with Crippen LogP contribution in [0.2, 0.25) is 0 Å². The van der Waals surface area contributed by atoms with Crippen LogP contribution in [-0.4, -0.2) is 345 Å². The number of Topliss-reactive ketones (excluding diaryl/α,β-unsaturated/α-hetero) is 5. The van der Waals surface area contributed by atoms with Crippen LogP contribution in [0.3, 0.4) is 0 Å². The minimum atomic E-state index is -2.20. The molecule has 0 aliphatic carbocycles. The van der Waals surface area contributed by atoms with Gasteiger partial charge in [-0.1, -0.05) is 47.6 Å². The Morgan fingerprint density at radius 1 is 0.500 bits per heavy atom. The predicted octanol–water partition coefficient (Wildman–Crippen LogP) is -12.4. The molecule has 518 valence electrons. The van der Waals surface area contributed by atoms with Crippen molar-refractivity contribution in [1.29, 1.82) is 0 Å². The maximum atomic E-state index is 11.2. The van der Waals surface area contributed by atoms with E-state index in [1.807, 2.05) is 0 Å². The van der Waals surface area contributed by atoms with E-state index >= 15 is 0 Å². The maximum absolute atomic E-state index is 11.2. The number of hydrogen-bond donors (Lipinski definition) is 24. The van der Waals surface area contributed by atoms with Gasteiger partial charge in [0.05, 0.1) is 77.1 Å². The van der Waals surface area contributed by atoms with Crippen molar-refractivity contribution in [3.8, 4) is 0 Å². The van der Waals surface area contributed by atoms with E-state index in [0.29, 0.717) is 0 Å². The predicted molar refractivity (Wildman–Crippen MR) is 284 cm³/mol. The lowest BCUT2D eigenvalue weighted by Crippen LogP contribution is -2.43. The smallest absolute Gasteiger partial charge is 0.414 e. The zero-order valence-electron chi connectivity index (χ0n) is 48.1. The Balaban J connectivity index is -0.000000116. The fourth-order valence-corrected chi connectivity index (χ4v) is 4.02. The minimum absolute atomic E-state index is 0. The van der Waals surface area contributed by atoms with Crippen molar-refractivity contribution in [2.45, 2.75) is 121 Å². The van der Waals surface area contributed by atoms with Crippen molar-refractivity contribution in [2.24, 2.45) is 23.7 Å². The van der Waals surface area contributed by atoms with Gasteiger partial charge in [-0.2, -0.15) is 0 Å². The summed E-state index contributed by atoms with van der Waals surface area (Å²) in [6.45, 7) is 11.9. The molecular formula is C48H85O40-. The van der Waals surface area contributed by atoms with E-state index in [0.717, 1.165) is 11.8 Å². The highest BCUT2D eigenvalue weighted by Gasteiger charge is 2.38. The lowest BCUT2D eigenvalue weighted by atomic mass is 9.95. The second kappa shape index (κ2) is 59.4. The van der Waals surface area contributed by atoms with Crippen molar-refractivity contribution in [2.75, 3.05) is 66.1 Å². The van der Waals surface area contributed by atoms with Gasteiger partial charge in [0.25, 0.3) is 5.78 Å². The van der Waals surface area contributed by atoms with Gasteiger partial charge in [-0.25, -0.2) is 28.8 Å². The summed E-state index contributed by atoms with van der Waals surface area (Å²) in [5.41, 5.74) is 0.